The monoisotopic (exact) mass is 381 g/mol. The van der Waals surface area contributed by atoms with Gasteiger partial charge in [-0.1, -0.05) is 24.3 Å². The fourth-order valence-electron chi connectivity index (χ4n) is 4.27. The Hall–Kier alpha value is -2.31. The van der Waals surface area contributed by atoms with Crippen LogP contribution in [-0.2, 0) is 13.1 Å². The molecule has 2 N–H and O–H groups in total. The molecule has 1 atom stereocenters. The molecular formula is C22H31N5O. The van der Waals surface area contributed by atoms with Crippen molar-refractivity contribution in [3.8, 4) is 0 Å². The van der Waals surface area contributed by atoms with Gasteiger partial charge in [0.25, 0.3) is 0 Å². The molecule has 2 aromatic rings. The standard InChI is InChI=1S/C22H31N5O/c1-25-11-13-26(14-12-25)17-19-6-2-5-18(15-19)16-24-22(28)27-10-4-8-21(27)20-7-3-9-23-20/h2-3,5-7,9,15,21,23H,4,8,10-14,16-17H2,1H3,(H,24,28). The maximum absolute atomic E-state index is 12.7. The number of aromatic amines is 1. The van der Waals surface area contributed by atoms with Gasteiger partial charge in [-0.2, -0.15) is 0 Å². The Morgan fingerprint density at radius 1 is 1.11 bits per heavy atom. The Morgan fingerprint density at radius 2 is 1.93 bits per heavy atom. The van der Waals surface area contributed by atoms with Gasteiger partial charge in [0.2, 0.25) is 0 Å². The first kappa shape index (κ1) is 19.0. The zero-order valence-electron chi connectivity index (χ0n) is 16.7. The van der Waals surface area contributed by atoms with Crippen molar-refractivity contribution in [1.82, 2.24) is 25.0 Å². The second-order valence-electron chi connectivity index (χ2n) is 8.03. The SMILES string of the molecule is CN1CCN(Cc2cccc(CNC(=O)N3CCCC3c3ccc[nH]3)c2)CC1. The Bertz CT molecular complexity index is 767. The number of urea groups is 1. The van der Waals surface area contributed by atoms with E-state index in [0.717, 1.165) is 63.4 Å². The van der Waals surface area contributed by atoms with E-state index in [0.29, 0.717) is 6.54 Å². The summed E-state index contributed by atoms with van der Waals surface area (Å²) < 4.78 is 0. The van der Waals surface area contributed by atoms with E-state index in [2.05, 4.69) is 57.5 Å². The summed E-state index contributed by atoms with van der Waals surface area (Å²) in [5.41, 5.74) is 3.61. The van der Waals surface area contributed by atoms with Crippen LogP contribution in [0.1, 0.15) is 35.7 Å². The lowest BCUT2D eigenvalue weighted by Crippen LogP contribution is -2.43. The van der Waals surface area contributed by atoms with Crippen molar-refractivity contribution >= 4 is 6.03 Å². The zero-order valence-corrected chi connectivity index (χ0v) is 16.7. The summed E-state index contributed by atoms with van der Waals surface area (Å²) in [5, 5.41) is 3.12. The Morgan fingerprint density at radius 3 is 2.71 bits per heavy atom. The highest BCUT2D eigenvalue weighted by Gasteiger charge is 2.30. The zero-order chi connectivity index (χ0) is 19.3. The van der Waals surface area contributed by atoms with Gasteiger partial charge < -0.3 is 20.1 Å². The van der Waals surface area contributed by atoms with E-state index in [4.69, 9.17) is 0 Å². The maximum Gasteiger partial charge on any atom is 0.318 e. The van der Waals surface area contributed by atoms with Crippen molar-refractivity contribution in [3.63, 3.8) is 0 Å². The molecule has 3 heterocycles. The third-order valence-electron chi connectivity index (χ3n) is 5.93. The quantitative estimate of drug-likeness (QED) is 0.837. The molecule has 0 bridgehead atoms. The van der Waals surface area contributed by atoms with Crippen molar-refractivity contribution in [1.29, 1.82) is 0 Å². The number of likely N-dealkylation sites (N-methyl/N-ethyl adjacent to an activating group) is 1. The number of piperazine rings is 1. The minimum atomic E-state index is 0.0292. The normalized spacial score (nSPS) is 21.2. The van der Waals surface area contributed by atoms with Gasteiger partial charge in [-0.3, -0.25) is 4.90 Å². The fourth-order valence-corrected chi connectivity index (χ4v) is 4.27. The van der Waals surface area contributed by atoms with Crippen molar-refractivity contribution < 1.29 is 4.79 Å². The molecule has 0 saturated carbocycles. The average molecular weight is 382 g/mol. The van der Waals surface area contributed by atoms with Gasteiger partial charge in [0.1, 0.15) is 0 Å². The number of H-pyrrole nitrogens is 1. The van der Waals surface area contributed by atoms with Gasteiger partial charge in [0.15, 0.2) is 0 Å². The first-order valence-electron chi connectivity index (χ1n) is 10.4. The largest absolute Gasteiger partial charge is 0.363 e. The molecule has 1 aromatic carbocycles. The molecule has 6 nitrogen and oxygen atoms in total. The minimum Gasteiger partial charge on any atom is -0.363 e. The van der Waals surface area contributed by atoms with E-state index in [-0.39, 0.29) is 12.1 Å². The Balaban J connectivity index is 1.31. The van der Waals surface area contributed by atoms with Gasteiger partial charge in [-0.25, -0.2) is 4.79 Å². The maximum atomic E-state index is 12.7. The highest BCUT2D eigenvalue weighted by atomic mass is 16.2. The molecule has 150 valence electrons. The Labute approximate surface area is 167 Å². The van der Waals surface area contributed by atoms with Crippen LogP contribution in [-0.4, -0.2) is 65.5 Å². The molecule has 2 aliphatic heterocycles. The van der Waals surface area contributed by atoms with Crippen LogP contribution in [0, 0.1) is 0 Å². The number of nitrogens with one attached hydrogen (secondary N) is 2. The van der Waals surface area contributed by atoms with Crippen molar-refractivity contribution in [2.45, 2.75) is 32.0 Å². The van der Waals surface area contributed by atoms with Gasteiger partial charge in [-0.15, -0.1) is 0 Å². The van der Waals surface area contributed by atoms with Crippen LogP contribution < -0.4 is 5.32 Å². The molecule has 6 heteroatoms. The number of amides is 2. The number of benzene rings is 1. The van der Waals surface area contributed by atoms with E-state index in [1.54, 1.807) is 0 Å². The van der Waals surface area contributed by atoms with E-state index in [1.165, 1.54) is 5.56 Å². The number of hydrogen-bond donors (Lipinski definition) is 2. The van der Waals surface area contributed by atoms with Crippen LogP contribution >= 0.6 is 0 Å². The lowest BCUT2D eigenvalue weighted by molar-refractivity contribution is 0.148. The molecule has 0 spiro atoms. The third kappa shape index (κ3) is 4.56. The molecule has 0 aliphatic carbocycles. The van der Waals surface area contributed by atoms with Gasteiger partial charge in [0.05, 0.1) is 6.04 Å². The lowest BCUT2D eigenvalue weighted by Gasteiger charge is -2.32. The van der Waals surface area contributed by atoms with Crippen LogP contribution in [0.25, 0.3) is 0 Å². The second-order valence-corrected chi connectivity index (χ2v) is 8.03. The predicted molar refractivity (Wildman–Crippen MR) is 111 cm³/mol. The smallest absolute Gasteiger partial charge is 0.318 e. The van der Waals surface area contributed by atoms with E-state index in [9.17, 15) is 4.79 Å². The summed E-state index contributed by atoms with van der Waals surface area (Å²) >= 11 is 0. The second kappa shape index (κ2) is 8.80. The molecule has 2 aliphatic rings. The Kier molecular flexibility index (Phi) is 5.98. The summed E-state index contributed by atoms with van der Waals surface area (Å²) in [6.45, 7) is 6.87. The molecule has 1 aromatic heterocycles. The summed E-state index contributed by atoms with van der Waals surface area (Å²) in [6, 6.07) is 12.9. The molecule has 1 unspecified atom stereocenters. The van der Waals surface area contributed by atoms with Crippen molar-refractivity contribution in [2.75, 3.05) is 39.8 Å². The molecule has 28 heavy (non-hydrogen) atoms. The molecule has 2 fully saturated rings. The molecule has 0 radical (unpaired) electrons. The highest BCUT2D eigenvalue weighted by molar-refractivity contribution is 5.75. The third-order valence-corrected chi connectivity index (χ3v) is 5.93. The number of carbonyl (C=O) groups excluding carboxylic acids is 1. The van der Waals surface area contributed by atoms with Crippen LogP contribution in [0.15, 0.2) is 42.6 Å². The summed E-state index contributed by atoms with van der Waals surface area (Å²) in [7, 11) is 2.18. The summed E-state index contributed by atoms with van der Waals surface area (Å²) in [6.07, 6.45) is 4.00. The summed E-state index contributed by atoms with van der Waals surface area (Å²) in [4.78, 5) is 22.8. The first-order chi connectivity index (χ1) is 13.7. The molecule has 4 rings (SSSR count). The average Bonchev–Trinajstić information content (AvgIpc) is 3.39. The fraction of sp³-hybridized carbons (Fsp3) is 0.500. The van der Waals surface area contributed by atoms with E-state index >= 15 is 0 Å². The number of aromatic nitrogens is 1. The number of carbonyl (C=O) groups is 1. The van der Waals surface area contributed by atoms with Crippen LogP contribution in [0.5, 0.6) is 0 Å². The number of hydrogen-bond acceptors (Lipinski definition) is 3. The van der Waals surface area contributed by atoms with E-state index < -0.39 is 0 Å². The molecular weight excluding hydrogens is 350 g/mol. The van der Waals surface area contributed by atoms with Crippen LogP contribution in [0.3, 0.4) is 0 Å². The number of nitrogens with zero attached hydrogens (tertiary/aromatic N) is 3. The molecule has 2 amide bonds. The molecule has 2 saturated heterocycles. The topological polar surface area (TPSA) is 54.6 Å². The van der Waals surface area contributed by atoms with Gasteiger partial charge in [0, 0.05) is 57.7 Å². The number of rotatable bonds is 5. The highest BCUT2D eigenvalue weighted by Crippen LogP contribution is 2.30. The predicted octanol–water partition coefficient (Wildman–Crippen LogP) is 2.81. The van der Waals surface area contributed by atoms with Gasteiger partial charge >= 0.3 is 6.03 Å². The van der Waals surface area contributed by atoms with Crippen molar-refractivity contribution in [2.24, 2.45) is 0 Å². The number of likely N-dealkylation sites (tertiary alicyclic amines) is 1. The van der Waals surface area contributed by atoms with Gasteiger partial charge in [-0.05, 0) is 43.1 Å². The van der Waals surface area contributed by atoms with Crippen LogP contribution in [0.2, 0.25) is 0 Å². The minimum absolute atomic E-state index is 0.0292. The lowest BCUT2D eigenvalue weighted by atomic mass is 10.1. The van der Waals surface area contributed by atoms with Crippen molar-refractivity contribution in [3.05, 3.63) is 59.4 Å². The summed E-state index contributed by atoms with van der Waals surface area (Å²) in [5.74, 6) is 0. The van der Waals surface area contributed by atoms with E-state index in [1.807, 2.05) is 17.2 Å². The van der Waals surface area contributed by atoms with Crippen LogP contribution in [0.4, 0.5) is 4.79 Å². The first-order valence-corrected chi connectivity index (χ1v) is 10.4.